The Morgan fingerprint density at radius 1 is 1.19 bits per heavy atom. The van der Waals surface area contributed by atoms with Crippen molar-refractivity contribution in [2.45, 2.75) is 63.5 Å². The molecule has 140 valence electrons. The van der Waals surface area contributed by atoms with E-state index in [0.717, 1.165) is 55.2 Å². The van der Waals surface area contributed by atoms with E-state index in [1.165, 1.54) is 13.8 Å². The van der Waals surface area contributed by atoms with Crippen LogP contribution in [0, 0.1) is 5.41 Å². The lowest BCUT2D eigenvalue weighted by Crippen LogP contribution is -2.47. The van der Waals surface area contributed by atoms with Crippen molar-refractivity contribution in [1.82, 2.24) is 10.1 Å². The van der Waals surface area contributed by atoms with Crippen molar-refractivity contribution in [3.05, 3.63) is 40.5 Å². The number of fused-ring (bicyclic) bond motifs is 3. The average Bonchev–Trinajstić information content (AvgIpc) is 3.13. The smallest absolute Gasteiger partial charge is 0.263 e. The van der Waals surface area contributed by atoms with Gasteiger partial charge in [0.05, 0.1) is 0 Å². The van der Waals surface area contributed by atoms with Gasteiger partial charge in [0.2, 0.25) is 0 Å². The van der Waals surface area contributed by atoms with Gasteiger partial charge in [-0.15, -0.1) is 0 Å². The summed E-state index contributed by atoms with van der Waals surface area (Å²) in [5, 5.41) is 7.77. The minimum Gasteiger partial charge on any atom is -0.384 e. The number of anilines is 1. The quantitative estimate of drug-likeness (QED) is 0.668. The molecule has 0 spiro atoms. The Kier molecular flexibility index (Phi) is 4.37. The second kappa shape index (κ2) is 6.32. The number of halogens is 2. The first-order chi connectivity index (χ1) is 12.3. The van der Waals surface area contributed by atoms with Gasteiger partial charge < -0.3 is 9.84 Å². The number of alkyl halides is 1. The topological polar surface area (TPSA) is 51.0 Å². The summed E-state index contributed by atoms with van der Waals surface area (Å²) in [4.78, 5) is 4.43. The Balaban J connectivity index is 1.44. The third kappa shape index (κ3) is 3.28. The van der Waals surface area contributed by atoms with E-state index in [-0.39, 0.29) is 11.3 Å². The molecule has 0 radical (unpaired) electrons. The molecule has 2 aromatic rings. The minimum absolute atomic E-state index is 0.0233. The van der Waals surface area contributed by atoms with Crippen LogP contribution in [0.25, 0.3) is 0 Å². The van der Waals surface area contributed by atoms with Crippen molar-refractivity contribution in [3.8, 4) is 0 Å². The maximum absolute atomic E-state index is 14.1. The fourth-order valence-corrected chi connectivity index (χ4v) is 4.83. The molecule has 3 fully saturated rings. The average molecular weight is 422 g/mol. The number of nitrogens with zero attached hydrogens (tertiary/aromatic N) is 2. The fourth-order valence-electron chi connectivity index (χ4n) is 4.43. The summed E-state index contributed by atoms with van der Waals surface area (Å²) in [6.07, 6.45) is 6.61. The number of hydrogen-bond acceptors (Lipinski definition) is 4. The highest BCUT2D eigenvalue weighted by molar-refractivity contribution is 9.10. The third-order valence-corrected chi connectivity index (χ3v) is 6.80. The van der Waals surface area contributed by atoms with Gasteiger partial charge >= 0.3 is 0 Å². The standard InChI is InChI=1S/C20H25BrFN3O/c1-18(2,22)17-24-16(25-26-17)20-9-6-19(7-10-20,8-11-20)13-23-15-5-3-4-14(21)12-15/h3-5,12,23H,6-11,13H2,1-2H3. The first-order valence-corrected chi connectivity index (χ1v) is 10.1. The van der Waals surface area contributed by atoms with Gasteiger partial charge in [-0.2, -0.15) is 4.98 Å². The largest absolute Gasteiger partial charge is 0.384 e. The van der Waals surface area contributed by atoms with E-state index < -0.39 is 5.67 Å². The van der Waals surface area contributed by atoms with Crippen LogP contribution < -0.4 is 5.32 Å². The van der Waals surface area contributed by atoms with Gasteiger partial charge in [-0.25, -0.2) is 4.39 Å². The molecule has 3 aliphatic carbocycles. The van der Waals surface area contributed by atoms with E-state index in [1.54, 1.807) is 0 Å². The third-order valence-electron chi connectivity index (χ3n) is 6.30. The van der Waals surface area contributed by atoms with Gasteiger partial charge in [-0.3, -0.25) is 0 Å². The monoisotopic (exact) mass is 421 g/mol. The zero-order chi connectivity index (χ0) is 18.4. The zero-order valence-corrected chi connectivity index (χ0v) is 16.9. The Morgan fingerprint density at radius 3 is 2.46 bits per heavy atom. The van der Waals surface area contributed by atoms with E-state index in [0.29, 0.717) is 11.2 Å². The molecule has 5 rings (SSSR count). The van der Waals surface area contributed by atoms with E-state index in [4.69, 9.17) is 4.52 Å². The molecule has 6 heteroatoms. The molecule has 3 saturated carbocycles. The maximum atomic E-state index is 14.1. The van der Waals surface area contributed by atoms with Gasteiger partial charge in [0.15, 0.2) is 11.5 Å². The molecule has 1 aromatic heterocycles. The molecule has 3 aliphatic rings. The van der Waals surface area contributed by atoms with Crippen LogP contribution >= 0.6 is 15.9 Å². The number of aromatic nitrogens is 2. The Labute approximate surface area is 162 Å². The fraction of sp³-hybridized carbons (Fsp3) is 0.600. The summed E-state index contributed by atoms with van der Waals surface area (Å²) in [6.45, 7) is 3.92. The maximum Gasteiger partial charge on any atom is 0.263 e. The lowest BCUT2D eigenvalue weighted by molar-refractivity contribution is 0.0445. The molecular weight excluding hydrogens is 397 g/mol. The van der Waals surface area contributed by atoms with Gasteiger partial charge in [-0.1, -0.05) is 27.2 Å². The molecular formula is C20H25BrFN3O. The highest BCUT2D eigenvalue weighted by atomic mass is 79.9. The van der Waals surface area contributed by atoms with Crippen molar-refractivity contribution in [2.75, 3.05) is 11.9 Å². The normalized spacial score (nSPS) is 28.3. The van der Waals surface area contributed by atoms with Crippen LogP contribution in [0.3, 0.4) is 0 Å². The van der Waals surface area contributed by atoms with Crippen molar-refractivity contribution in [2.24, 2.45) is 5.41 Å². The second-order valence-electron chi connectivity index (χ2n) is 8.54. The highest BCUT2D eigenvalue weighted by Crippen LogP contribution is 2.57. The van der Waals surface area contributed by atoms with Crippen molar-refractivity contribution < 1.29 is 8.91 Å². The predicted octanol–water partition coefficient (Wildman–Crippen LogP) is 5.74. The van der Waals surface area contributed by atoms with Crippen LogP contribution in [0.5, 0.6) is 0 Å². The molecule has 26 heavy (non-hydrogen) atoms. The van der Waals surface area contributed by atoms with Crippen molar-refractivity contribution in [1.29, 1.82) is 0 Å². The Hall–Kier alpha value is -1.43. The lowest BCUT2D eigenvalue weighted by Gasteiger charge is -2.52. The minimum atomic E-state index is -1.58. The second-order valence-corrected chi connectivity index (χ2v) is 9.46. The zero-order valence-electron chi connectivity index (χ0n) is 15.3. The van der Waals surface area contributed by atoms with Gasteiger partial charge in [0, 0.05) is 22.1 Å². The summed E-state index contributed by atoms with van der Waals surface area (Å²) in [5.41, 5.74) is -0.104. The molecule has 1 aromatic carbocycles. The summed E-state index contributed by atoms with van der Waals surface area (Å²) in [5.74, 6) is 0.812. The molecule has 2 bridgehead atoms. The summed E-state index contributed by atoms with van der Waals surface area (Å²) in [7, 11) is 0. The highest BCUT2D eigenvalue weighted by Gasteiger charge is 2.51. The summed E-state index contributed by atoms with van der Waals surface area (Å²) >= 11 is 3.53. The van der Waals surface area contributed by atoms with E-state index >= 15 is 0 Å². The molecule has 0 unspecified atom stereocenters. The summed E-state index contributed by atoms with van der Waals surface area (Å²) in [6, 6.07) is 8.32. The molecule has 0 aliphatic heterocycles. The summed E-state index contributed by atoms with van der Waals surface area (Å²) < 4.78 is 20.4. The first-order valence-electron chi connectivity index (χ1n) is 9.34. The van der Waals surface area contributed by atoms with Crippen LogP contribution in [0.15, 0.2) is 33.3 Å². The van der Waals surface area contributed by atoms with Crippen LogP contribution in [-0.2, 0) is 11.1 Å². The number of rotatable bonds is 5. The first kappa shape index (κ1) is 18.0. The number of benzene rings is 1. The number of hydrogen-bond donors (Lipinski definition) is 1. The molecule has 1 heterocycles. The van der Waals surface area contributed by atoms with Crippen molar-refractivity contribution in [3.63, 3.8) is 0 Å². The molecule has 0 atom stereocenters. The van der Waals surface area contributed by atoms with Crippen LogP contribution in [0.4, 0.5) is 10.1 Å². The van der Waals surface area contributed by atoms with Gasteiger partial charge in [0.25, 0.3) is 5.89 Å². The van der Waals surface area contributed by atoms with E-state index in [2.05, 4.69) is 49.6 Å². The van der Waals surface area contributed by atoms with Gasteiger partial charge in [0.1, 0.15) is 0 Å². The van der Waals surface area contributed by atoms with Gasteiger partial charge in [-0.05, 0) is 76.0 Å². The predicted molar refractivity (Wildman–Crippen MR) is 103 cm³/mol. The lowest BCUT2D eigenvalue weighted by atomic mass is 9.53. The molecule has 0 amide bonds. The van der Waals surface area contributed by atoms with Crippen LogP contribution in [0.2, 0.25) is 0 Å². The van der Waals surface area contributed by atoms with E-state index in [9.17, 15) is 4.39 Å². The van der Waals surface area contributed by atoms with Crippen LogP contribution in [0.1, 0.15) is 64.1 Å². The van der Waals surface area contributed by atoms with Crippen LogP contribution in [-0.4, -0.2) is 16.7 Å². The molecule has 4 nitrogen and oxygen atoms in total. The SMILES string of the molecule is CC(C)(F)c1nc(C23CCC(CNc4cccc(Br)c4)(CC2)CC3)no1. The molecule has 0 saturated heterocycles. The number of nitrogens with one attached hydrogen (secondary N) is 1. The Morgan fingerprint density at radius 2 is 1.88 bits per heavy atom. The van der Waals surface area contributed by atoms with Crippen molar-refractivity contribution >= 4 is 21.6 Å². The van der Waals surface area contributed by atoms with E-state index in [1.807, 2.05) is 6.07 Å². The molecule has 1 N–H and O–H groups in total. The Bertz CT molecular complexity index is 774.